The summed E-state index contributed by atoms with van der Waals surface area (Å²) in [5, 5.41) is 0. The number of rotatable bonds is 7. The lowest BCUT2D eigenvalue weighted by Gasteiger charge is -2.06. The van der Waals surface area contributed by atoms with Gasteiger partial charge in [-0.2, -0.15) is 0 Å². The van der Waals surface area contributed by atoms with Crippen molar-refractivity contribution < 1.29 is 13.2 Å². The molecule has 5 heteroatoms. The molecule has 0 aliphatic rings. The van der Waals surface area contributed by atoms with Crippen LogP contribution in [0.2, 0.25) is 0 Å². The van der Waals surface area contributed by atoms with Crippen LogP contribution in [0.4, 0.5) is 0 Å². The second-order valence-corrected chi connectivity index (χ2v) is 6.99. The highest BCUT2D eigenvalue weighted by Crippen LogP contribution is 2.11. The van der Waals surface area contributed by atoms with Gasteiger partial charge in [0.05, 0.1) is 5.75 Å². The molecule has 4 nitrogen and oxygen atoms in total. The van der Waals surface area contributed by atoms with Crippen LogP contribution in [0.25, 0.3) is 0 Å². The number of Topliss-reactive ketones (excluding diaryl/α,β-unsaturated/α-hetero) is 1. The number of ketones is 1. The van der Waals surface area contributed by atoms with Crippen LogP contribution in [-0.4, -0.2) is 32.3 Å². The normalized spacial score (nSPS) is 11.5. The molecule has 0 atom stereocenters. The number of carbonyl (C=O) groups excluding carboxylic acids is 1. The Kier molecular flexibility index (Phi) is 5.69. The third-order valence-electron chi connectivity index (χ3n) is 3.09. The second kappa shape index (κ2) is 6.82. The van der Waals surface area contributed by atoms with Gasteiger partial charge in [-0.05, 0) is 50.4 Å². The Balaban J connectivity index is 2.70. The van der Waals surface area contributed by atoms with Crippen molar-refractivity contribution in [2.75, 3.05) is 18.1 Å². The summed E-state index contributed by atoms with van der Waals surface area (Å²) >= 11 is 0. The first-order valence-corrected chi connectivity index (χ1v) is 8.19. The fourth-order valence-corrected chi connectivity index (χ4v) is 3.09. The molecule has 0 unspecified atom stereocenters. The van der Waals surface area contributed by atoms with E-state index in [1.54, 1.807) is 12.1 Å². The van der Waals surface area contributed by atoms with Gasteiger partial charge < -0.3 is 5.73 Å². The van der Waals surface area contributed by atoms with Crippen molar-refractivity contribution in [1.82, 2.24) is 0 Å². The average molecular weight is 283 g/mol. The topological polar surface area (TPSA) is 77.2 Å². The number of hydrogen-bond acceptors (Lipinski definition) is 4. The van der Waals surface area contributed by atoms with Crippen molar-refractivity contribution in [1.29, 1.82) is 0 Å². The summed E-state index contributed by atoms with van der Waals surface area (Å²) in [6.45, 7) is 4.33. The second-order valence-electron chi connectivity index (χ2n) is 4.81. The van der Waals surface area contributed by atoms with E-state index < -0.39 is 15.6 Å². The van der Waals surface area contributed by atoms with Crippen LogP contribution in [-0.2, 0) is 9.84 Å². The lowest BCUT2D eigenvalue weighted by Crippen LogP contribution is -2.19. The molecule has 0 aromatic heterocycles. The zero-order valence-corrected chi connectivity index (χ0v) is 12.3. The number of sulfone groups is 1. The van der Waals surface area contributed by atoms with Crippen LogP contribution in [0.3, 0.4) is 0 Å². The van der Waals surface area contributed by atoms with Gasteiger partial charge in [0.15, 0.2) is 15.6 Å². The van der Waals surface area contributed by atoms with E-state index in [0.717, 1.165) is 11.1 Å². The van der Waals surface area contributed by atoms with Gasteiger partial charge in [-0.3, -0.25) is 4.79 Å². The molecular weight excluding hydrogens is 262 g/mol. The Hall–Kier alpha value is -1.20. The highest BCUT2D eigenvalue weighted by atomic mass is 32.2. The summed E-state index contributed by atoms with van der Waals surface area (Å²) in [6.07, 6.45) is 1.18. The van der Waals surface area contributed by atoms with Gasteiger partial charge in [-0.15, -0.1) is 0 Å². The summed E-state index contributed by atoms with van der Waals surface area (Å²) < 4.78 is 23.6. The van der Waals surface area contributed by atoms with Gasteiger partial charge in [-0.25, -0.2) is 8.42 Å². The van der Waals surface area contributed by atoms with Crippen LogP contribution in [0.15, 0.2) is 18.2 Å². The van der Waals surface area contributed by atoms with Crippen LogP contribution in [0.1, 0.15) is 34.3 Å². The highest BCUT2D eigenvalue weighted by molar-refractivity contribution is 7.92. The first kappa shape index (κ1) is 15.9. The summed E-state index contributed by atoms with van der Waals surface area (Å²) in [5.41, 5.74) is 7.86. The van der Waals surface area contributed by atoms with Gasteiger partial charge in [0.1, 0.15) is 5.75 Å². The molecule has 0 saturated carbocycles. The van der Waals surface area contributed by atoms with Gasteiger partial charge in [0, 0.05) is 5.56 Å². The molecule has 2 N–H and O–H groups in total. The van der Waals surface area contributed by atoms with Crippen LogP contribution < -0.4 is 5.73 Å². The molecule has 0 aliphatic carbocycles. The van der Waals surface area contributed by atoms with Gasteiger partial charge in [-0.1, -0.05) is 12.1 Å². The summed E-state index contributed by atoms with van der Waals surface area (Å²) in [7, 11) is -3.33. The molecule has 0 aliphatic heterocycles. The predicted molar refractivity (Wildman–Crippen MR) is 77.2 cm³/mol. The molecule has 1 aromatic carbocycles. The van der Waals surface area contributed by atoms with E-state index >= 15 is 0 Å². The number of unbranched alkanes of at least 4 members (excludes halogenated alkanes) is 1. The Bertz CT molecular complexity index is 550. The Morgan fingerprint density at radius 1 is 1.16 bits per heavy atom. The largest absolute Gasteiger partial charge is 0.330 e. The number of hydrogen-bond donors (Lipinski definition) is 1. The van der Waals surface area contributed by atoms with Crippen molar-refractivity contribution in [3.8, 4) is 0 Å². The quantitative estimate of drug-likeness (QED) is 0.609. The molecule has 0 amide bonds. The van der Waals surface area contributed by atoms with Gasteiger partial charge in [0.25, 0.3) is 0 Å². The maximum absolute atomic E-state index is 12.0. The van der Waals surface area contributed by atoms with Crippen molar-refractivity contribution in [2.24, 2.45) is 5.73 Å². The fraction of sp³-hybridized carbons (Fsp3) is 0.500. The average Bonchev–Trinajstić information content (AvgIpc) is 2.32. The van der Waals surface area contributed by atoms with Crippen molar-refractivity contribution in [3.05, 3.63) is 34.9 Å². The lowest BCUT2D eigenvalue weighted by atomic mass is 10.0. The maximum atomic E-state index is 12.0. The van der Waals surface area contributed by atoms with E-state index in [0.29, 0.717) is 24.9 Å². The SMILES string of the molecule is Cc1ccc(C(=O)CS(=O)(=O)CCCCN)cc1C. The van der Waals surface area contributed by atoms with Gasteiger partial charge in [0.2, 0.25) is 0 Å². The van der Waals surface area contributed by atoms with E-state index in [4.69, 9.17) is 5.73 Å². The first-order valence-electron chi connectivity index (χ1n) is 6.36. The summed E-state index contributed by atoms with van der Waals surface area (Å²) in [4.78, 5) is 12.0. The summed E-state index contributed by atoms with van der Waals surface area (Å²) in [6, 6.07) is 5.26. The molecule has 106 valence electrons. The van der Waals surface area contributed by atoms with E-state index in [-0.39, 0.29) is 11.5 Å². The summed E-state index contributed by atoms with van der Waals surface area (Å²) in [5.74, 6) is -0.725. The maximum Gasteiger partial charge on any atom is 0.177 e. The minimum absolute atomic E-state index is 0.0286. The van der Waals surface area contributed by atoms with E-state index in [1.165, 1.54) is 0 Å². The number of benzene rings is 1. The van der Waals surface area contributed by atoms with E-state index in [2.05, 4.69) is 0 Å². The van der Waals surface area contributed by atoms with E-state index in [9.17, 15) is 13.2 Å². The van der Waals surface area contributed by atoms with Gasteiger partial charge >= 0.3 is 0 Å². The minimum Gasteiger partial charge on any atom is -0.330 e. The lowest BCUT2D eigenvalue weighted by molar-refractivity contribution is 0.102. The molecule has 0 heterocycles. The molecular formula is C14H21NO3S. The fourth-order valence-electron chi connectivity index (χ4n) is 1.74. The number of aryl methyl sites for hydroxylation is 2. The van der Waals surface area contributed by atoms with Crippen LogP contribution in [0, 0.1) is 13.8 Å². The molecule has 0 radical (unpaired) electrons. The molecule has 0 fully saturated rings. The highest BCUT2D eigenvalue weighted by Gasteiger charge is 2.17. The van der Waals surface area contributed by atoms with Crippen LogP contribution in [0.5, 0.6) is 0 Å². The standard InChI is InChI=1S/C14H21NO3S/c1-11-5-6-13(9-12(11)2)14(16)10-19(17,18)8-4-3-7-15/h5-6,9H,3-4,7-8,10,15H2,1-2H3. The first-order chi connectivity index (χ1) is 8.85. The Labute approximate surface area is 114 Å². The van der Waals surface area contributed by atoms with Crippen LogP contribution >= 0.6 is 0 Å². The predicted octanol–water partition coefficient (Wildman–Crippen LogP) is 1.64. The molecule has 0 saturated heterocycles. The molecule has 19 heavy (non-hydrogen) atoms. The van der Waals surface area contributed by atoms with Crippen molar-refractivity contribution in [2.45, 2.75) is 26.7 Å². The Morgan fingerprint density at radius 2 is 1.84 bits per heavy atom. The van der Waals surface area contributed by atoms with Crippen molar-refractivity contribution >= 4 is 15.6 Å². The third kappa shape index (κ3) is 5.12. The van der Waals surface area contributed by atoms with E-state index in [1.807, 2.05) is 19.9 Å². The molecule has 0 bridgehead atoms. The third-order valence-corrected chi connectivity index (χ3v) is 4.70. The van der Waals surface area contributed by atoms with Crippen molar-refractivity contribution in [3.63, 3.8) is 0 Å². The number of carbonyl (C=O) groups is 1. The molecule has 0 spiro atoms. The number of nitrogens with two attached hydrogens (primary N) is 1. The zero-order valence-electron chi connectivity index (χ0n) is 11.5. The zero-order chi connectivity index (χ0) is 14.5. The minimum atomic E-state index is -3.33. The molecule has 1 aromatic rings. The Morgan fingerprint density at radius 3 is 2.42 bits per heavy atom. The molecule has 1 rings (SSSR count). The monoisotopic (exact) mass is 283 g/mol. The smallest absolute Gasteiger partial charge is 0.177 e.